The molecule has 0 aliphatic carbocycles. The number of nitrogens with zero attached hydrogens (tertiary/aromatic N) is 2. The second-order valence-corrected chi connectivity index (χ2v) is 8.75. The Morgan fingerprint density at radius 3 is 2.41 bits per heavy atom. The molecule has 144 valence electrons. The Labute approximate surface area is 161 Å². The molecule has 0 atom stereocenters. The summed E-state index contributed by atoms with van der Waals surface area (Å²) >= 11 is 0. The van der Waals surface area contributed by atoms with Crippen LogP contribution in [0.3, 0.4) is 0 Å². The first-order chi connectivity index (χ1) is 12.9. The molecule has 1 aliphatic heterocycles. The van der Waals surface area contributed by atoms with Crippen LogP contribution < -0.4 is 0 Å². The number of hydrogen-bond acceptors (Lipinski definition) is 3. The molecular formula is C21H26N2O3S. The van der Waals surface area contributed by atoms with E-state index in [4.69, 9.17) is 0 Å². The van der Waals surface area contributed by atoms with Crippen molar-refractivity contribution in [2.75, 3.05) is 19.6 Å². The van der Waals surface area contributed by atoms with Gasteiger partial charge in [0.15, 0.2) is 0 Å². The third kappa shape index (κ3) is 3.77. The number of hydrogen-bond donors (Lipinski definition) is 0. The highest BCUT2D eigenvalue weighted by atomic mass is 32.2. The zero-order valence-electron chi connectivity index (χ0n) is 16.1. The molecule has 1 heterocycles. The van der Waals surface area contributed by atoms with E-state index in [1.807, 2.05) is 39.0 Å². The summed E-state index contributed by atoms with van der Waals surface area (Å²) in [5.74, 6) is -0.112. The smallest absolute Gasteiger partial charge is 0.254 e. The van der Waals surface area contributed by atoms with Crippen LogP contribution in [0, 0.1) is 6.92 Å². The maximum absolute atomic E-state index is 13.1. The molecule has 0 spiro atoms. The summed E-state index contributed by atoms with van der Waals surface area (Å²) < 4.78 is 27.0. The largest absolute Gasteiger partial charge is 0.334 e. The van der Waals surface area contributed by atoms with E-state index >= 15 is 0 Å². The molecule has 0 fully saturated rings. The maximum atomic E-state index is 13.1. The molecule has 1 amide bonds. The van der Waals surface area contributed by atoms with Crippen molar-refractivity contribution in [3.8, 4) is 0 Å². The fourth-order valence-electron chi connectivity index (χ4n) is 3.54. The van der Waals surface area contributed by atoms with E-state index in [1.165, 1.54) is 15.9 Å². The second kappa shape index (κ2) is 7.82. The van der Waals surface area contributed by atoms with Crippen molar-refractivity contribution in [2.45, 2.75) is 38.6 Å². The fourth-order valence-corrected chi connectivity index (χ4v) is 5.03. The van der Waals surface area contributed by atoms with Crippen LogP contribution in [0.15, 0.2) is 47.4 Å². The fraction of sp³-hybridized carbons (Fsp3) is 0.381. The Bertz CT molecular complexity index is 950. The average Bonchev–Trinajstić information content (AvgIpc) is 2.68. The lowest BCUT2D eigenvalue weighted by Crippen LogP contribution is -2.36. The van der Waals surface area contributed by atoms with Gasteiger partial charge in [0, 0.05) is 31.7 Å². The summed E-state index contributed by atoms with van der Waals surface area (Å²) in [6.45, 7) is 7.47. The highest BCUT2D eigenvalue weighted by Gasteiger charge is 2.26. The van der Waals surface area contributed by atoms with Gasteiger partial charge in [-0.25, -0.2) is 8.42 Å². The molecule has 5 nitrogen and oxygen atoms in total. The topological polar surface area (TPSA) is 57.7 Å². The molecule has 0 bridgehead atoms. The lowest BCUT2D eigenvalue weighted by atomic mass is 9.98. The number of fused-ring (bicyclic) bond motifs is 1. The van der Waals surface area contributed by atoms with Gasteiger partial charge in [-0.05, 0) is 42.2 Å². The van der Waals surface area contributed by atoms with Gasteiger partial charge in [0.05, 0.1) is 4.90 Å². The predicted octanol–water partition coefficient (Wildman–Crippen LogP) is 3.22. The minimum Gasteiger partial charge on any atom is -0.334 e. The molecule has 27 heavy (non-hydrogen) atoms. The van der Waals surface area contributed by atoms with Crippen LogP contribution in [0.4, 0.5) is 0 Å². The van der Waals surface area contributed by atoms with Gasteiger partial charge in [0.25, 0.3) is 5.91 Å². The first-order valence-electron chi connectivity index (χ1n) is 9.35. The van der Waals surface area contributed by atoms with Gasteiger partial charge in [0.1, 0.15) is 0 Å². The van der Waals surface area contributed by atoms with Gasteiger partial charge in [-0.3, -0.25) is 4.79 Å². The van der Waals surface area contributed by atoms with Gasteiger partial charge in [0.2, 0.25) is 10.0 Å². The molecule has 0 radical (unpaired) electrons. The Morgan fingerprint density at radius 1 is 1.07 bits per heavy atom. The van der Waals surface area contributed by atoms with E-state index < -0.39 is 10.0 Å². The number of carbonyl (C=O) groups is 1. The van der Waals surface area contributed by atoms with E-state index in [0.717, 1.165) is 17.5 Å². The summed E-state index contributed by atoms with van der Waals surface area (Å²) in [7, 11) is -3.59. The molecule has 0 saturated heterocycles. The minimum absolute atomic E-state index is 0.112. The first-order valence-corrected chi connectivity index (χ1v) is 10.8. The normalized spacial score (nSPS) is 14.3. The third-order valence-corrected chi connectivity index (χ3v) is 7.25. The summed E-state index contributed by atoms with van der Waals surface area (Å²) in [5, 5.41) is 0. The zero-order valence-corrected chi connectivity index (χ0v) is 16.9. The molecule has 0 unspecified atom stereocenters. The monoisotopic (exact) mass is 386 g/mol. The Hall–Kier alpha value is -2.18. The Morgan fingerprint density at radius 2 is 1.74 bits per heavy atom. The van der Waals surface area contributed by atoms with E-state index in [2.05, 4.69) is 6.07 Å². The van der Waals surface area contributed by atoms with Crippen LogP contribution in [0.5, 0.6) is 0 Å². The van der Waals surface area contributed by atoms with Crippen LogP contribution in [-0.4, -0.2) is 43.2 Å². The van der Waals surface area contributed by atoms with Crippen LogP contribution >= 0.6 is 0 Å². The van der Waals surface area contributed by atoms with E-state index in [0.29, 0.717) is 31.7 Å². The van der Waals surface area contributed by atoms with Gasteiger partial charge in [-0.15, -0.1) is 0 Å². The molecule has 0 N–H and O–H groups in total. The number of benzene rings is 2. The highest BCUT2D eigenvalue weighted by Crippen LogP contribution is 2.24. The minimum atomic E-state index is -3.59. The maximum Gasteiger partial charge on any atom is 0.254 e. The second-order valence-electron chi connectivity index (χ2n) is 6.81. The van der Waals surface area contributed by atoms with E-state index in [9.17, 15) is 13.2 Å². The van der Waals surface area contributed by atoms with Crippen molar-refractivity contribution in [1.29, 1.82) is 0 Å². The standard InChI is InChI=1S/C21H26N2O3S/c1-4-23(5-2)27(25,26)19-11-10-16(3)20(14-19)21(24)22-13-12-17-8-6-7-9-18(17)15-22/h6-11,14H,4-5,12-13,15H2,1-3H3. The molecule has 1 aliphatic rings. The van der Waals surface area contributed by atoms with Crippen molar-refractivity contribution in [3.05, 3.63) is 64.7 Å². The Kier molecular flexibility index (Phi) is 5.67. The van der Waals surface area contributed by atoms with Crippen LogP contribution in [0.2, 0.25) is 0 Å². The summed E-state index contributed by atoms with van der Waals surface area (Å²) in [5.41, 5.74) is 3.68. The SMILES string of the molecule is CCN(CC)S(=O)(=O)c1ccc(C)c(C(=O)N2CCc3ccccc3C2)c1. The van der Waals surface area contributed by atoms with Gasteiger partial charge < -0.3 is 4.90 Å². The first kappa shape index (κ1) is 19.6. The quantitative estimate of drug-likeness (QED) is 0.793. The average molecular weight is 387 g/mol. The van der Waals surface area contributed by atoms with Crippen molar-refractivity contribution in [3.63, 3.8) is 0 Å². The molecule has 0 saturated carbocycles. The molecular weight excluding hydrogens is 360 g/mol. The van der Waals surface area contributed by atoms with Crippen molar-refractivity contribution >= 4 is 15.9 Å². The number of sulfonamides is 1. The van der Waals surface area contributed by atoms with Gasteiger partial charge >= 0.3 is 0 Å². The van der Waals surface area contributed by atoms with Gasteiger partial charge in [-0.2, -0.15) is 4.31 Å². The molecule has 0 aromatic heterocycles. The summed E-state index contributed by atoms with van der Waals surface area (Å²) in [6.07, 6.45) is 0.818. The third-order valence-electron chi connectivity index (χ3n) is 5.20. The Balaban J connectivity index is 1.92. The van der Waals surface area contributed by atoms with Crippen LogP contribution in [-0.2, 0) is 23.0 Å². The molecule has 3 rings (SSSR count). The highest BCUT2D eigenvalue weighted by molar-refractivity contribution is 7.89. The predicted molar refractivity (Wildman–Crippen MR) is 106 cm³/mol. The number of aryl methyl sites for hydroxylation is 1. The van der Waals surface area contributed by atoms with E-state index in [1.54, 1.807) is 17.0 Å². The molecule has 2 aromatic rings. The van der Waals surface area contributed by atoms with Crippen LogP contribution in [0.1, 0.15) is 40.9 Å². The summed E-state index contributed by atoms with van der Waals surface area (Å²) in [4.78, 5) is 15.1. The van der Waals surface area contributed by atoms with Crippen molar-refractivity contribution in [2.24, 2.45) is 0 Å². The number of amides is 1. The lowest BCUT2D eigenvalue weighted by molar-refractivity contribution is 0.0733. The van der Waals surface area contributed by atoms with Crippen LogP contribution in [0.25, 0.3) is 0 Å². The summed E-state index contributed by atoms with van der Waals surface area (Å²) in [6, 6.07) is 13.0. The zero-order chi connectivity index (χ0) is 19.6. The van der Waals surface area contributed by atoms with Crippen molar-refractivity contribution in [1.82, 2.24) is 9.21 Å². The number of carbonyl (C=O) groups excluding carboxylic acids is 1. The molecule has 6 heteroatoms. The van der Waals surface area contributed by atoms with E-state index in [-0.39, 0.29) is 10.8 Å². The molecule has 2 aromatic carbocycles. The lowest BCUT2D eigenvalue weighted by Gasteiger charge is -2.29. The van der Waals surface area contributed by atoms with Crippen molar-refractivity contribution < 1.29 is 13.2 Å². The number of rotatable bonds is 5. The van der Waals surface area contributed by atoms with Gasteiger partial charge in [-0.1, -0.05) is 44.2 Å².